The third-order valence-corrected chi connectivity index (χ3v) is 3.34. The number of aryl methyl sites for hydroxylation is 2. The molecule has 1 aromatic carbocycles. The summed E-state index contributed by atoms with van der Waals surface area (Å²) in [6.45, 7) is 5.78. The molecule has 0 aliphatic carbocycles. The van der Waals surface area contributed by atoms with Crippen LogP contribution in [0.25, 0.3) is 0 Å². The van der Waals surface area contributed by atoms with Crippen molar-refractivity contribution in [2.75, 3.05) is 6.54 Å². The molecular formula is C16H19F2NO2. The SMILES string of the molecule is Cc1cc(C(C)(O)CNCc2cc(F)cc(F)c2)c(C)o1. The molecule has 0 fully saturated rings. The first-order valence-electron chi connectivity index (χ1n) is 6.73. The number of nitrogens with one attached hydrogen (secondary N) is 1. The van der Waals surface area contributed by atoms with Crippen molar-refractivity contribution in [3.05, 3.63) is 58.5 Å². The zero-order chi connectivity index (χ0) is 15.6. The molecule has 1 aromatic heterocycles. The lowest BCUT2D eigenvalue weighted by atomic mass is 9.96. The number of hydrogen-bond donors (Lipinski definition) is 2. The number of furan rings is 1. The maximum absolute atomic E-state index is 13.1. The average molecular weight is 295 g/mol. The Morgan fingerprint density at radius 1 is 1.14 bits per heavy atom. The van der Waals surface area contributed by atoms with Gasteiger partial charge in [-0.1, -0.05) is 0 Å². The van der Waals surface area contributed by atoms with Gasteiger partial charge in [-0.2, -0.15) is 0 Å². The molecule has 0 amide bonds. The third-order valence-electron chi connectivity index (χ3n) is 3.34. The van der Waals surface area contributed by atoms with Gasteiger partial charge in [0.2, 0.25) is 0 Å². The minimum atomic E-state index is -1.12. The van der Waals surface area contributed by atoms with Crippen molar-refractivity contribution in [3.8, 4) is 0 Å². The lowest BCUT2D eigenvalue weighted by Crippen LogP contribution is -2.35. The zero-order valence-electron chi connectivity index (χ0n) is 12.3. The molecule has 0 aliphatic heterocycles. The molecule has 0 bridgehead atoms. The fourth-order valence-electron chi connectivity index (χ4n) is 2.42. The first-order chi connectivity index (χ1) is 9.78. The third kappa shape index (κ3) is 3.89. The van der Waals surface area contributed by atoms with E-state index < -0.39 is 17.2 Å². The van der Waals surface area contributed by atoms with E-state index in [9.17, 15) is 13.9 Å². The molecule has 0 saturated carbocycles. The maximum Gasteiger partial charge on any atom is 0.126 e. The van der Waals surface area contributed by atoms with Crippen molar-refractivity contribution >= 4 is 0 Å². The highest BCUT2D eigenvalue weighted by molar-refractivity contribution is 5.27. The molecule has 5 heteroatoms. The summed E-state index contributed by atoms with van der Waals surface area (Å²) in [5, 5.41) is 13.5. The summed E-state index contributed by atoms with van der Waals surface area (Å²) >= 11 is 0. The first-order valence-corrected chi connectivity index (χ1v) is 6.73. The molecule has 0 spiro atoms. The molecule has 0 saturated heterocycles. The lowest BCUT2D eigenvalue weighted by molar-refractivity contribution is 0.0552. The van der Waals surface area contributed by atoms with Crippen LogP contribution in [0.2, 0.25) is 0 Å². The van der Waals surface area contributed by atoms with Gasteiger partial charge in [-0.25, -0.2) is 8.78 Å². The van der Waals surface area contributed by atoms with Crippen LogP contribution in [-0.2, 0) is 12.1 Å². The predicted octanol–water partition coefficient (Wildman–Crippen LogP) is 3.17. The van der Waals surface area contributed by atoms with Crippen molar-refractivity contribution in [2.24, 2.45) is 0 Å². The van der Waals surface area contributed by atoms with Gasteiger partial charge >= 0.3 is 0 Å². The van der Waals surface area contributed by atoms with E-state index in [0.717, 1.165) is 11.8 Å². The molecule has 2 aromatic rings. The number of aliphatic hydroxyl groups is 1. The maximum atomic E-state index is 13.1. The Balaban J connectivity index is 2.00. The molecule has 3 nitrogen and oxygen atoms in total. The smallest absolute Gasteiger partial charge is 0.126 e. The van der Waals surface area contributed by atoms with Gasteiger partial charge in [-0.05, 0) is 44.5 Å². The number of rotatable bonds is 5. The number of halogens is 2. The predicted molar refractivity (Wildman–Crippen MR) is 75.8 cm³/mol. The fraction of sp³-hybridized carbons (Fsp3) is 0.375. The average Bonchev–Trinajstić information content (AvgIpc) is 2.67. The van der Waals surface area contributed by atoms with Crippen LogP contribution in [0.15, 0.2) is 28.7 Å². The Morgan fingerprint density at radius 3 is 2.29 bits per heavy atom. The minimum absolute atomic E-state index is 0.241. The van der Waals surface area contributed by atoms with Crippen molar-refractivity contribution in [1.29, 1.82) is 0 Å². The summed E-state index contributed by atoms with van der Waals surface area (Å²) in [6, 6.07) is 5.15. The number of hydrogen-bond acceptors (Lipinski definition) is 3. The van der Waals surface area contributed by atoms with Gasteiger partial charge in [0, 0.05) is 24.7 Å². The monoisotopic (exact) mass is 295 g/mol. The molecular weight excluding hydrogens is 276 g/mol. The Hall–Kier alpha value is -1.72. The van der Waals surface area contributed by atoms with Crippen LogP contribution in [0.3, 0.4) is 0 Å². The zero-order valence-corrected chi connectivity index (χ0v) is 12.3. The quantitative estimate of drug-likeness (QED) is 0.890. The van der Waals surface area contributed by atoms with E-state index in [2.05, 4.69) is 5.32 Å². The van der Waals surface area contributed by atoms with Gasteiger partial charge in [0.05, 0.1) is 0 Å². The Kier molecular flexibility index (Phi) is 4.44. The van der Waals surface area contributed by atoms with Gasteiger partial charge in [-0.3, -0.25) is 0 Å². The molecule has 114 valence electrons. The molecule has 1 atom stereocenters. The Morgan fingerprint density at radius 2 is 1.76 bits per heavy atom. The van der Waals surface area contributed by atoms with Crippen LogP contribution >= 0.6 is 0 Å². The molecule has 2 rings (SSSR count). The standard InChI is InChI=1S/C16H19F2NO2/c1-10-4-15(11(2)21-10)16(3,20)9-19-8-12-5-13(17)7-14(18)6-12/h4-7,19-20H,8-9H2,1-3H3. The lowest BCUT2D eigenvalue weighted by Gasteiger charge is -2.23. The van der Waals surface area contributed by atoms with Crippen molar-refractivity contribution < 1.29 is 18.3 Å². The topological polar surface area (TPSA) is 45.4 Å². The van der Waals surface area contributed by atoms with Crippen LogP contribution in [0, 0.1) is 25.5 Å². The number of benzene rings is 1. The van der Waals surface area contributed by atoms with E-state index in [4.69, 9.17) is 4.42 Å². The van der Waals surface area contributed by atoms with Crippen LogP contribution < -0.4 is 5.32 Å². The Bertz CT molecular complexity index is 615. The second-order valence-electron chi connectivity index (χ2n) is 5.48. The highest BCUT2D eigenvalue weighted by atomic mass is 19.1. The first kappa shape index (κ1) is 15.7. The van der Waals surface area contributed by atoms with Gasteiger partial charge in [-0.15, -0.1) is 0 Å². The molecule has 0 aliphatic rings. The Labute approximate surface area is 122 Å². The molecule has 0 radical (unpaired) electrons. The van der Waals surface area contributed by atoms with Crippen LogP contribution in [0.1, 0.15) is 29.6 Å². The molecule has 1 unspecified atom stereocenters. The van der Waals surface area contributed by atoms with E-state index in [-0.39, 0.29) is 13.1 Å². The van der Waals surface area contributed by atoms with Crippen molar-refractivity contribution in [1.82, 2.24) is 5.32 Å². The molecule has 2 N–H and O–H groups in total. The summed E-state index contributed by atoms with van der Waals surface area (Å²) < 4.78 is 31.6. The summed E-state index contributed by atoms with van der Waals surface area (Å²) in [5.74, 6) is 0.172. The summed E-state index contributed by atoms with van der Waals surface area (Å²) in [7, 11) is 0. The van der Waals surface area contributed by atoms with Crippen LogP contribution in [0.5, 0.6) is 0 Å². The van der Waals surface area contributed by atoms with Gasteiger partial charge in [0.1, 0.15) is 28.8 Å². The van der Waals surface area contributed by atoms with E-state index in [1.807, 2.05) is 6.92 Å². The fourth-order valence-corrected chi connectivity index (χ4v) is 2.42. The summed E-state index contributed by atoms with van der Waals surface area (Å²) in [6.07, 6.45) is 0. The normalized spacial score (nSPS) is 14.2. The van der Waals surface area contributed by atoms with E-state index in [1.165, 1.54) is 12.1 Å². The van der Waals surface area contributed by atoms with E-state index in [1.54, 1.807) is 19.9 Å². The van der Waals surface area contributed by atoms with E-state index in [0.29, 0.717) is 16.9 Å². The van der Waals surface area contributed by atoms with Gasteiger partial charge in [0.25, 0.3) is 0 Å². The van der Waals surface area contributed by atoms with Crippen molar-refractivity contribution in [3.63, 3.8) is 0 Å². The summed E-state index contributed by atoms with van der Waals surface area (Å²) in [5.41, 5.74) is 0.0783. The highest BCUT2D eigenvalue weighted by Crippen LogP contribution is 2.26. The second-order valence-corrected chi connectivity index (χ2v) is 5.48. The molecule has 21 heavy (non-hydrogen) atoms. The van der Waals surface area contributed by atoms with Gasteiger partial charge < -0.3 is 14.8 Å². The second kappa shape index (κ2) is 5.95. The van der Waals surface area contributed by atoms with Gasteiger partial charge in [0.15, 0.2) is 0 Å². The van der Waals surface area contributed by atoms with Crippen LogP contribution in [-0.4, -0.2) is 11.7 Å². The molecule has 1 heterocycles. The minimum Gasteiger partial charge on any atom is -0.466 e. The highest BCUT2D eigenvalue weighted by Gasteiger charge is 2.27. The van der Waals surface area contributed by atoms with Crippen LogP contribution in [0.4, 0.5) is 8.78 Å². The largest absolute Gasteiger partial charge is 0.466 e. The van der Waals surface area contributed by atoms with Crippen molar-refractivity contribution in [2.45, 2.75) is 32.9 Å². The summed E-state index contributed by atoms with van der Waals surface area (Å²) in [4.78, 5) is 0. The van der Waals surface area contributed by atoms with E-state index >= 15 is 0 Å².